The van der Waals surface area contributed by atoms with E-state index in [9.17, 15) is 36.6 Å². The third-order valence-corrected chi connectivity index (χ3v) is 6.10. The van der Waals surface area contributed by atoms with Gasteiger partial charge in [0.1, 0.15) is 12.5 Å². The number of halogens is 5. The van der Waals surface area contributed by atoms with E-state index in [-0.39, 0.29) is 33.9 Å². The fourth-order valence-electron chi connectivity index (χ4n) is 3.64. The number of ether oxygens (including phenoxy) is 2. The zero-order valence-electron chi connectivity index (χ0n) is 21.9. The molecule has 14 heteroatoms. The summed E-state index contributed by atoms with van der Waals surface area (Å²) in [5.74, 6) is -2.40. The first-order valence-corrected chi connectivity index (χ1v) is 11.9. The number of hydrogen-bond donors (Lipinski definition) is 4. The highest BCUT2D eigenvalue weighted by atomic mass is 19.4. The summed E-state index contributed by atoms with van der Waals surface area (Å²) in [5, 5.41) is 13.0. The number of nitrogens with one attached hydrogen (secondary N) is 1. The molecule has 0 aliphatic heterocycles. The Hall–Kier alpha value is -4.30. The molecular formula is C27H27F5N4O5. The minimum absolute atomic E-state index is 0.0169. The van der Waals surface area contributed by atoms with Gasteiger partial charge in [-0.3, -0.25) is 9.59 Å². The van der Waals surface area contributed by atoms with Gasteiger partial charge >= 0.3 is 6.18 Å². The Kier molecular flexibility index (Phi) is 9.19. The molecule has 3 rings (SSSR count). The van der Waals surface area contributed by atoms with Crippen LogP contribution in [0.15, 0.2) is 54.6 Å². The van der Waals surface area contributed by atoms with Crippen molar-refractivity contribution in [3.05, 3.63) is 77.2 Å². The molecule has 1 heterocycles. The molecular weight excluding hydrogens is 555 g/mol. The molecule has 0 saturated carbocycles. The van der Waals surface area contributed by atoms with E-state index >= 15 is 0 Å². The molecule has 0 spiro atoms. The summed E-state index contributed by atoms with van der Waals surface area (Å²) in [6.45, 7) is -1.81. The SMILES string of the molecule is COc1cc(C(=O)NCC(O)(c2cc(C(C)(N)CF)cc(-c3ccc(F)cc3)n2)C(F)(F)F)ccc1OCC(N)=O. The molecule has 0 aliphatic rings. The Morgan fingerprint density at radius 1 is 1.05 bits per heavy atom. The summed E-state index contributed by atoms with van der Waals surface area (Å²) in [4.78, 5) is 27.7. The first kappa shape index (κ1) is 31.2. The molecule has 2 aromatic carbocycles. The van der Waals surface area contributed by atoms with Crippen LogP contribution < -0.4 is 26.3 Å². The zero-order valence-corrected chi connectivity index (χ0v) is 21.9. The van der Waals surface area contributed by atoms with Crippen molar-refractivity contribution in [2.75, 3.05) is 26.9 Å². The molecule has 0 bridgehead atoms. The van der Waals surface area contributed by atoms with E-state index in [0.29, 0.717) is 0 Å². The standard InChI is InChI=1S/C27H27F5N4O5/c1-25(34,13-28)17-10-19(15-3-6-18(29)7-4-15)36-22(11-17)26(39,27(30,31)32)14-35-24(38)16-5-8-20(21(9-16)40-2)41-12-23(33)37/h3-11,39H,12-14,34H2,1-2H3,(H2,33,37)(H,35,38). The fraction of sp³-hybridized carbons (Fsp3) is 0.296. The second-order valence-corrected chi connectivity index (χ2v) is 9.35. The van der Waals surface area contributed by atoms with Crippen LogP contribution >= 0.6 is 0 Å². The van der Waals surface area contributed by atoms with Gasteiger partial charge in [-0.15, -0.1) is 0 Å². The lowest BCUT2D eigenvalue weighted by Gasteiger charge is -2.32. The number of primary amides is 1. The van der Waals surface area contributed by atoms with Crippen LogP contribution in [0, 0.1) is 5.82 Å². The lowest BCUT2D eigenvalue weighted by Crippen LogP contribution is -2.52. The molecule has 3 aromatic rings. The highest BCUT2D eigenvalue weighted by Gasteiger charge is 2.56. The van der Waals surface area contributed by atoms with Crippen molar-refractivity contribution < 1.29 is 46.1 Å². The number of hydrogen-bond acceptors (Lipinski definition) is 7. The van der Waals surface area contributed by atoms with E-state index in [0.717, 1.165) is 24.3 Å². The number of carbonyl (C=O) groups excluding carboxylic acids is 2. The molecule has 6 N–H and O–H groups in total. The Morgan fingerprint density at radius 2 is 1.71 bits per heavy atom. The average Bonchev–Trinajstić information content (AvgIpc) is 2.93. The summed E-state index contributed by atoms with van der Waals surface area (Å²) < 4.78 is 80.6. The number of nitrogens with two attached hydrogens (primary N) is 2. The Labute approximate surface area is 231 Å². The minimum atomic E-state index is -5.38. The van der Waals surface area contributed by atoms with Gasteiger partial charge in [-0.2, -0.15) is 13.2 Å². The number of benzene rings is 2. The van der Waals surface area contributed by atoms with Gasteiger partial charge in [0, 0.05) is 11.1 Å². The summed E-state index contributed by atoms with van der Waals surface area (Å²) in [6.07, 6.45) is -5.38. The smallest absolute Gasteiger partial charge is 0.424 e. The van der Waals surface area contributed by atoms with Gasteiger partial charge in [0.2, 0.25) is 5.60 Å². The maximum absolute atomic E-state index is 14.4. The molecule has 0 radical (unpaired) electrons. The highest BCUT2D eigenvalue weighted by molar-refractivity contribution is 5.95. The molecule has 2 unspecified atom stereocenters. The van der Waals surface area contributed by atoms with Crippen LogP contribution in [0.25, 0.3) is 11.3 Å². The van der Waals surface area contributed by atoms with E-state index in [2.05, 4.69) is 4.98 Å². The van der Waals surface area contributed by atoms with Gasteiger partial charge in [0.25, 0.3) is 11.8 Å². The van der Waals surface area contributed by atoms with Crippen LogP contribution in [0.2, 0.25) is 0 Å². The summed E-state index contributed by atoms with van der Waals surface area (Å²) in [6, 6.07) is 10.2. The van der Waals surface area contributed by atoms with E-state index in [4.69, 9.17) is 20.9 Å². The van der Waals surface area contributed by atoms with E-state index in [1.165, 1.54) is 44.4 Å². The second kappa shape index (κ2) is 12.1. The Morgan fingerprint density at radius 3 is 2.27 bits per heavy atom. The van der Waals surface area contributed by atoms with Gasteiger partial charge in [-0.05, 0) is 67.1 Å². The lowest BCUT2D eigenvalue weighted by molar-refractivity contribution is -0.265. The van der Waals surface area contributed by atoms with Crippen molar-refractivity contribution in [3.63, 3.8) is 0 Å². The molecule has 0 aliphatic carbocycles. The molecule has 0 saturated heterocycles. The van der Waals surface area contributed by atoms with Crippen LogP contribution in [0.3, 0.4) is 0 Å². The summed E-state index contributed by atoms with van der Waals surface area (Å²) >= 11 is 0. The predicted octanol–water partition coefficient (Wildman–Crippen LogP) is 3.08. The monoisotopic (exact) mass is 582 g/mol. The van der Waals surface area contributed by atoms with E-state index in [1.807, 2.05) is 5.32 Å². The number of amides is 2. The zero-order chi connectivity index (χ0) is 30.6. The number of pyridine rings is 1. The third-order valence-electron chi connectivity index (χ3n) is 6.10. The topological polar surface area (TPSA) is 150 Å². The Bertz CT molecular complexity index is 1420. The Balaban J connectivity index is 2.01. The number of aliphatic hydroxyl groups is 1. The summed E-state index contributed by atoms with van der Waals surface area (Å²) in [5.41, 5.74) is 4.23. The lowest BCUT2D eigenvalue weighted by atomic mass is 9.89. The predicted molar refractivity (Wildman–Crippen MR) is 137 cm³/mol. The van der Waals surface area contributed by atoms with Crippen LogP contribution in [0.1, 0.15) is 28.5 Å². The molecule has 2 amide bonds. The van der Waals surface area contributed by atoms with Gasteiger partial charge in [-0.25, -0.2) is 13.8 Å². The first-order valence-electron chi connectivity index (χ1n) is 11.9. The van der Waals surface area contributed by atoms with Crippen LogP contribution in [0.5, 0.6) is 11.5 Å². The minimum Gasteiger partial charge on any atom is -0.493 e. The maximum Gasteiger partial charge on any atom is 0.424 e. The second-order valence-electron chi connectivity index (χ2n) is 9.35. The van der Waals surface area contributed by atoms with Crippen molar-refractivity contribution in [1.29, 1.82) is 0 Å². The van der Waals surface area contributed by atoms with Crippen molar-refractivity contribution >= 4 is 11.8 Å². The van der Waals surface area contributed by atoms with Crippen LogP contribution in [0.4, 0.5) is 22.0 Å². The van der Waals surface area contributed by atoms with Gasteiger partial charge in [-0.1, -0.05) is 0 Å². The van der Waals surface area contributed by atoms with Crippen molar-refractivity contribution in [3.8, 4) is 22.8 Å². The van der Waals surface area contributed by atoms with Crippen LogP contribution in [-0.2, 0) is 15.9 Å². The summed E-state index contributed by atoms with van der Waals surface area (Å²) in [7, 11) is 1.23. The largest absolute Gasteiger partial charge is 0.493 e. The van der Waals surface area contributed by atoms with Gasteiger partial charge in [0.05, 0.1) is 30.6 Å². The average molecular weight is 583 g/mol. The number of alkyl halides is 4. The van der Waals surface area contributed by atoms with Gasteiger partial charge < -0.3 is 31.4 Å². The molecule has 9 nitrogen and oxygen atoms in total. The molecule has 220 valence electrons. The number of methoxy groups -OCH3 is 1. The molecule has 1 aromatic heterocycles. The van der Waals surface area contributed by atoms with E-state index in [1.54, 1.807) is 0 Å². The quantitative estimate of drug-likeness (QED) is 0.254. The number of rotatable bonds is 11. The normalized spacial score (nSPS) is 14.5. The third kappa shape index (κ3) is 7.08. The first-order chi connectivity index (χ1) is 19.1. The van der Waals surface area contributed by atoms with Crippen molar-refractivity contribution in [2.24, 2.45) is 11.5 Å². The number of nitrogens with zero attached hydrogens (tertiary/aromatic N) is 1. The van der Waals surface area contributed by atoms with Crippen molar-refractivity contribution in [1.82, 2.24) is 10.3 Å². The number of carbonyl (C=O) groups is 2. The van der Waals surface area contributed by atoms with Crippen molar-refractivity contribution in [2.45, 2.75) is 24.2 Å². The number of aromatic nitrogens is 1. The van der Waals surface area contributed by atoms with Gasteiger partial charge in [0.15, 0.2) is 18.1 Å². The molecule has 2 atom stereocenters. The van der Waals surface area contributed by atoms with E-state index < -0.39 is 60.5 Å². The van der Waals surface area contributed by atoms with Crippen LogP contribution in [-0.4, -0.2) is 55.0 Å². The highest BCUT2D eigenvalue weighted by Crippen LogP contribution is 2.40. The molecule has 0 fully saturated rings. The fourth-order valence-corrected chi connectivity index (χ4v) is 3.64. The molecule has 41 heavy (non-hydrogen) atoms. The maximum atomic E-state index is 14.4.